The molecule has 1 unspecified atom stereocenters. The number of nitrogens with one attached hydrogen (secondary N) is 1. The number of hydrogen-bond acceptors (Lipinski definition) is 2. The Morgan fingerprint density at radius 1 is 1.38 bits per heavy atom. The van der Waals surface area contributed by atoms with E-state index in [0.29, 0.717) is 6.04 Å². The molecule has 2 heteroatoms. The van der Waals surface area contributed by atoms with Gasteiger partial charge in [-0.2, -0.15) is 11.8 Å². The van der Waals surface area contributed by atoms with Gasteiger partial charge >= 0.3 is 0 Å². The van der Waals surface area contributed by atoms with Crippen molar-refractivity contribution in [1.29, 1.82) is 0 Å². The van der Waals surface area contributed by atoms with E-state index < -0.39 is 0 Å². The van der Waals surface area contributed by atoms with Gasteiger partial charge in [0.1, 0.15) is 0 Å². The molecule has 1 N–H and O–H groups in total. The van der Waals surface area contributed by atoms with Crippen LogP contribution in [-0.4, -0.2) is 18.6 Å². The average molecular weight is 235 g/mol. The molecule has 1 aromatic rings. The lowest BCUT2D eigenvalue weighted by atomic mass is 10.0. The van der Waals surface area contributed by atoms with Gasteiger partial charge in [-0.25, -0.2) is 0 Å². The van der Waals surface area contributed by atoms with Gasteiger partial charge in [0.25, 0.3) is 0 Å². The van der Waals surface area contributed by atoms with Gasteiger partial charge in [0.05, 0.1) is 0 Å². The highest BCUT2D eigenvalue weighted by molar-refractivity contribution is 7.98. The SMILES string of the molecule is C=CCCC(NCCSC)c1ccccc1. The minimum Gasteiger partial charge on any atom is -0.309 e. The maximum Gasteiger partial charge on any atom is 0.0323 e. The summed E-state index contributed by atoms with van der Waals surface area (Å²) in [5, 5.41) is 3.60. The van der Waals surface area contributed by atoms with Crippen LogP contribution in [0.2, 0.25) is 0 Å². The Kier molecular flexibility index (Phi) is 7.02. The fourth-order valence-corrected chi connectivity index (χ4v) is 2.01. The van der Waals surface area contributed by atoms with Crippen LogP contribution in [0.5, 0.6) is 0 Å². The van der Waals surface area contributed by atoms with Crippen LogP contribution < -0.4 is 5.32 Å². The largest absolute Gasteiger partial charge is 0.309 e. The third kappa shape index (κ3) is 4.86. The minimum atomic E-state index is 0.464. The average Bonchev–Trinajstić information content (AvgIpc) is 2.35. The summed E-state index contributed by atoms with van der Waals surface area (Å²) >= 11 is 1.88. The number of benzene rings is 1. The molecule has 88 valence electrons. The Labute approximate surface area is 103 Å². The standard InChI is InChI=1S/C14H21NS/c1-3-4-10-14(15-11-12-16-2)13-8-6-5-7-9-13/h3,5-9,14-15H,1,4,10-12H2,2H3. The summed E-state index contributed by atoms with van der Waals surface area (Å²) in [7, 11) is 0. The molecule has 1 nitrogen and oxygen atoms in total. The fraction of sp³-hybridized carbons (Fsp3) is 0.429. The predicted octanol–water partition coefficient (Wildman–Crippen LogP) is 3.65. The second kappa shape index (κ2) is 8.43. The van der Waals surface area contributed by atoms with E-state index in [1.54, 1.807) is 0 Å². The van der Waals surface area contributed by atoms with Crippen molar-refractivity contribution in [2.24, 2.45) is 0 Å². The third-order valence-electron chi connectivity index (χ3n) is 2.56. The Hall–Kier alpha value is -0.730. The normalized spacial score (nSPS) is 12.3. The van der Waals surface area contributed by atoms with Crippen LogP contribution in [0, 0.1) is 0 Å². The second-order valence-electron chi connectivity index (χ2n) is 3.78. The first-order chi connectivity index (χ1) is 7.88. The lowest BCUT2D eigenvalue weighted by molar-refractivity contribution is 0.522. The molecule has 1 atom stereocenters. The van der Waals surface area contributed by atoms with Crippen molar-refractivity contribution in [2.45, 2.75) is 18.9 Å². The zero-order valence-corrected chi connectivity index (χ0v) is 10.8. The molecule has 0 radical (unpaired) electrons. The highest BCUT2D eigenvalue weighted by Crippen LogP contribution is 2.18. The maximum absolute atomic E-state index is 3.79. The van der Waals surface area contributed by atoms with Crippen molar-refractivity contribution in [3.8, 4) is 0 Å². The second-order valence-corrected chi connectivity index (χ2v) is 4.76. The van der Waals surface area contributed by atoms with Gasteiger partial charge in [-0.05, 0) is 24.7 Å². The number of hydrogen-bond donors (Lipinski definition) is 1. The number of allylic oxidation sites excluding steroid dienone is 1. The summed E-state index contributed by atoms with van der Waals surface area (Å²) in [6, 6.07) is 11.1. The van der Waals surface area contributed by atoms with E-state index in [2.05, 4.69) is 48.5 Å². The molecular weight excluding hydrogens is 214 g/mol. The van der Waals surface area contributed by atoms with Crippen LogP contribution in [-0.2, 0) is 0 Å². The summed E-state index contributed by atoms with van der Waals surface area (Å²) in [5.74, 6) is 1.16. The van der Waals surface area contributed by atoms with E-state index in [1.165, 1.54) is 5.56 Å². The first kappa shape index (κ1) is 13.3. The van der Waals surface area contributed by atoms with Gasteiger partial charge in [0.15, 0.2) is 0 Å². The molecule has 0 bridgehead atoms. The molecule has 0 aromatic heterocycles. The molecule has 0 spiro atoms. The Morgan fingerprint density at radius 2 is 2.12 bits per heavy atom. The van der Waals surface area contributed by atoms with Crippen LogP contribution in [0.25, 0.3) is 0 Å². The summed E-state index contributed by atoms with van der Waals surface area (Å²) in [4.78, 5) is 0. The number of rotatable bonds is 8. The molecule has 1 rings (SSSR count). The molecule has 0 amide bonds. The van der Waals surface area contributed by atoms with E-state index in [1.807, 2.05) is 17.8 Å². The molecule has 0 saturated heterocycles. The van der Waals surface area contributed by atoms with Crippen molar-refractivity contribution in [2.75, 3.05) is 18.6 Å². The fourth-order valence-electron chi connectivity index (χ4n) is 1.69. The van der Waals surface area contributed by atoms with Crippen molar-refractivity contribution >= 4 is 11.8 Å². The van der Waals surface area contributed by atoms with E-state index in [0.717, 1.165) is 25.1 Å². The van der Waals surface area contributed by atoms with Crippen LogP contribution in [0.4, 0.5) is 0 Å². The molecule has 0 fully saturated rings. The van der Waals surface area contributed by atoms with Crippen molar-refractivity contribution in [3.63, 3.8) is 0 Å². The van der Waals surface area contributed by atoms with E-state index in [-0.39, 0.29) is 0 Å². The summed E-state index contributed by atoms with van der Waals surface area (Å²) in [6.07, 6.45) is 6.32. The van der Waals surface area contributed by atoms with Gasteiger partial charge in [-0.1, -0.05) is 36.4 Å². The molecule has 1 aromatic carbocycles. The molecule has 0 aliphatic rings. The maximum atomic E-state index is 3.79. The molecule has 0 aliphatic heterocycles. The van der Waals surface area contributed by atoms with Crippen molar-refractivity contribution < 1.29 is 0 Å². The monoisotopic (exact) mass is 235 g/mol. The Bertz CT molecular complexity index is 284. The predicted molar refractivity (Wildman–Crippen MR) is 75.0 cm³/mol. The van der Waals surface area contributed by atoms with Gasteiger partial charge < -0.3 is 5.32 Å². The lowest BCUT2D eigenvalue weighted by Crippen LogP contribution is -2.23. The van der Waals surface area contributed by atoms with Crippen molar-refractivity contribution in [3.05, 3.63) is 48.6 Å². The molecular formula is C14H21NS. The van der Waals surface area contributed by atoms with Gasteiger partial charge in [0.2, 0.25) is 0 Å². The number of thioether (sulfide) groups is 1. The van der Waals surface area contributed by atoms with Crippen LogP contribution in [0.15, 0.2) is 43.0 Å². The first-order valence-electron chi connectivity index (χ1n) is 5.76. The van der Waals surface area contributed by atoms with E-state index >= 15 is 0 Å². The van der Waals surface area contributed by atoms with Crippen LogP contribution in [0.1, 0.15) is 24.4 Å². The highest BCUT2D eigenvalue weighted by Gasteiger charge is 2.08. The first-order valence-corrected chi connectivity index (χ1v) is 7.16. The van der Waals surface area contributed by atoms with Crippen molar-refractivity contribution in [1.82, 2.24) is 5.32 Å². The van der Waals surface area contributed by atoms with E-state index in [4.69, 9.17) is 0 Å². The van der Waals surface area contributed by atoms with Gasteiger partial charge in [0, 0.05) is 18.3 Å². The lowest BCUT2D eigenvalue weighted by Gasteiger charge is -2.18. The third-order valence-corrected chi connectivity index (χ3v) is 3.17. The molecule has 0 heterocycles. The molecule has 0 aliphatic carbocycles. The van der Waals surface area contributed by atoms with Crippen LogP contribution >= 0.6 is 11.8 Å². The minimum absolute atomic E-state index is 0.464. The van der Waals surface area contributed by atoms with Gasteiger partial charge in [-0.15, -0.1) is 6.58 Å². The Balaban J connectivity index is 2.52. The zero-order valence-electron chi connectivity index (χ0n) is 9.99. The van der Waals surface area contributed by atoms with E-state index in [9.17, 15) is 0 Å². The molecule has 16 heavy (non-hydrogen) atoms. The summed E-state index contributed by atoms with van der Waals surface area (Å²) in [6.45, 7) is 4.86. The summed E-state index contributed by atoms with van der Waals surface area (Å²) < 4.78 is 0. The Morgan fingerprint density at radius 3 is 2.75 bits per heavy atom. The highest BCUT2D eigenvalue weighted by atomic mass is 32.2. The van der Waals surface area contributed by atoms with Gasteiger partial charge in [-0.3, -0.25) is 0 Å². The zero-order chi connectivity index (χ0) is 11.6. The summed E-state index contributed by atoms with van der Waals surface area (Å²) in [5.41, 5.74) is 1.38. The topological polar surface area (TPSA) is 12.0 Å². The van der Waals surface area contributed by atoms with Crippen LogP contribution in [0.3, 0.4) is 0 Å². The molecule has 0 saturated carbocycles. The quantitative estimate of drug-likeness (QED) is 0.545. The smallest absolute Gasteiger partial charge is 0.0323 e.